The predicted octanol–water partition coefficient (Wildman–Crippen LogP) is 7.42. The molecule has 0 saturated carbocycles. The average molecular weight is 635 g/mol. The third kappa shape index (κ3) is 6.47. The van der Waals surface area contributed by atoms with Crippen molar-refractivity contribution in [2.45, 2.75) is 13.5 Å². The number of nitrogens with one attached hydrogen (secondary N) is 1. The van der Waals surface area contributed by atoms with Crippen molar-refractivity contribution < 1.29 is 14.3 Å². The predicted molar refractivity (Wildman–Crippen MR) is 140 cm³/mol. The van der Waals surface area contributed by atoms with E-state index in [9.17, 15) is 10.1 Å². The van der Waals surface area contributed by atoms with Crippen LogP contribution in [0.1, 0.15) is 16.7 Å². The maximum Gasteiger partial charge on any atom is 0.266 e. The number of benzene rings is 3. The Balaban J connectivity index is 1.85. The van der Waals surface area contributed by atoms with Gasteiger partial charge in [-0.05, 0) is 102 Å². The number of ether oxygens (including phenoxy) is 2. The molecule has 5 nitrogen and oxygen atoms in total. The molecule has 33 heavy (non-hydrogen) atoms. The van der Waals surface area contributed by atoms with Crippen molar-refractivity contribution in [2.24, 2.45) is 0 Å². The number of hydrogen-bond donors (Lipinski definition) is 1. The maximum atomic E-state index is 12.8. The van der Waals surface area contributed by atoms with E-state index in [-0.39, 0.29) is 5.57 Å². The van der Waals surface area contributed by atoms with Gasteiger partial charge >= 0.3 is 0 Å². The van der Waals surface area contributed by atoms with Crippen molar-refractivity contribution in [1.29, 1.82) is 5.26 Å². The van der Waals surface area contributed by atoms with Crippen molar-refractivity contribution in [1.82, 2.24) is 0 Å². The zero-order valence-electron chi connectivity index (χ0n) is 17.8. The maximum absolute atomic E-state index is 12.8. The highest BCUT2D eigenvalue weighted by molar-refractivity contribution is 9.11. The van der Waals surface area contributed by atoms with Crippen LogP contribution in [0.5, 0.6) is 11.5 Å². The summed E-state index contributed by atoms with van der Waals surface area (Å²) in [6.45, 7) is 2.32. The van der Waals surface area contributed by atoms with Crippen LogP contribution < -0.4 is 14.8 Å². The first-order valence-corrected chi connectivity index (χ1v) is 12.1. The second-order valence-electron chi connectivity index (χ2n) is 7.04. The topological polar surface area (TPSA) is 71.3 Å². The van der Waals surface area contributed by atoms with Gasteiger partial charge < -0.3 is 14.8 Å². The smallest absolute Gasteiger partial charge is 0.266 e. The van der Waals surface area contributed by atoms with Gasteiger partial charge in [0, 0.05) is 8.95 Å². The third-order valence-corrected chi connectivity index (χ3v) is 6.42. The van der Waals surface area contributed by atoms with Crippen LogP contribution in [-0.4, -0.2) is 13.0 Å². The highest BCUT2D eigenvalue weighted by atomic mass is 79.9. The first-order chi connectivity index (χ1) is 15.8. The molecule has 0 atom stereocenters. The highest BCUT2D eigenvalue weighted by Gasteiger charge is 2.16. The lowest BCUT2D eigenvalue weighted by molar-refractivity contribution is -0.112. The van der Waals surface area contributed by atoms with Crippen LogP contribution in [0.4, 0.5) is 5.69 Å². The highest BCUT2D eigenvalue weighted by Crippen LogP contribution is 2.38. The summed E-state index contributed by atoms with van der Waals surface area (Å²) < 4.78 is 13.5. The van der Waals surface area contributed by atoms with E-state index < -0.39 is 5.91 Å². The molecule has 168 valence electrons. The van der Waals surface area contributed by atoms with E-state index in [4.69, 9.17) is 9.47 Å². The van der Waals surface area contributed by atoms with Gasteiger partial charge in [-0.25, -0.2) is 0 Å². The number of halogens is 3. The number of hydrogen-bond acceptors (Lipinski definition) is 4. The fraction of sp³-hybridized carbons (Fsp3) is 0.120. The molecule has 3 aromatic carbocycles. The summed E-state index contributed by atoms with van der Waals surface area (Å²) in [5, 5.41) is 12.4. The minimum absolute atomic E-state index is 0.0544. The molecule has 0 aliphatic heterocycles. The zero-order valence-corrected chi connectivity index (χ0v) is 22.5. The van der Waals surface area contributed by atoms with E-state index >= 15 is 0 Å². The summed E-state index contributed by atoms with van der Waals surface area (Å²) >= 11 is 10.4. The van der Waals surface area contributed by atoms with Crippen molar-refractivity contribution in [3.05, 3.63) is 90.3 Å². The molecule has 8 heteroatoms. The molecule has 0 heterocycles. The van der Waals surface area contributed by atoms with Crippen LogP contribution in [0.25, 0.3) is 6.08 Å². The second kappa shape index (κ2) is 11.5. The Labute approximate surface area is 217 Å². The molecule has 3 rings (SSSR count). The Morgan fingerprint density at radius 3 is 2.33 bits per heavy atom. The minimum atomic E-state index is -0.526. The van der Waals surface area contributed by atoms with E-state index in [1.54, 1.807) is 12.1 Å². The Morgan fingerprint density at radius 1 is 1.06 bits per heavy atom. The summed E-state index contributed by atoms with van der Waals surface area (Å²) in [5.41, 5.74) is 3.15. The Kier molecular flexibility index (Phi) is 8.73. The van der Waals surface area contributed by atoms with E-state index in [0.29, 0.717) is 42.8 Å². The fourth-order valence-corrected chi connectivity index (χ4v) is 5.20. The molecular weight excluding hydrogens is 616 g/mol. The van der Waals surface area contributed by atoms with Gasteiger partial charge in [-0.3, -0.25) is 4.79 Å². The molecule has 1 amide bonds. The number of carbonyl (C=O) groups is 1. The molecule has 0 radical (unpaired) electrons. The lowest BCUT2D eigenvalue weighted by Gasteiger charge is -2.14. The van der Waals surface area contributed by atoms with Crippen molar-refractivity contribution >= 4 is 65.5 Å². The fourth-order valence-electron chi connectivity index (χ4n) is 3.01. The number of nitriles is 1. The van der Waals surface area contributed by atoms with Gasteiger partial charge in [-0.2, -0.15) is 5.26 Å². The first kappa shape index (κ1) is 25.0. The van der Waals surface area contributed by atoms with Crippen molar-refractivity contribution in [3.63, 3.8) is 0 Å². The van der Waals surface area contributed by atoms with Crippen LogP contribution in [0.2, 0.25) is 0 Å². The Bertz CT molecular complexity index is 1230. The lowest BCUT2D eigenvalue weighted by atomic mass is 10.1. The van der Waals surface area contributed by atoms with Crippen LogP contribution >= 0.6 is 47.8 Å². The number of aryl methyl sites for hydroxylation is 1. The molecule has 0 unspecified atom stereocenters. The van der Waals surface area contributed by atoms with Crippen LogP contribution in [-0.2, 0) is 11.4 Å². The van der Waals surface area contributed by atoms with Crippen LogP contribution in [0.3, 0.4) is 0 Å². The minimum Gasteiger partial charge on any atom is -0.493 e. The number of carbonyl (C=O) groups excluding carboxylic acids is 1. The monoisotopic (exact) mass is 632 g/mol. The Morgan fingerprint density at radius 2 is 1.73 bits per heavy atom. The van der Waals surface area contributed by atoms with Gasteiger partial charge in [-0.15, -0.1) is 0 Å². The molecule has 1 N–H and O–H groups in total. The van der Waals surface area contributed by atoms with Crippen molar-refractivity contribution in [2.75, 3.05) is 12.4 Å². The molecule has 0 aromatic heterocycles. The number of methoxy groups -OCH3 is 1. The molecular formula is C25H19Br3N2O3. The number of amides is 1. The van der Waals surface area contributed by atoms with Gasteiger partial charge in [0.15, 0.2) is 11.5 Å². The van der Waals surface area contributed by atoms with E-state index in [2.05, 4.69) is 53.1 Å². The number of rotatable bonds is 7. The van der Waals surface area contributed by atoms with E-state index in [0.717, 1.165) is 11.1 Å². The number of anilines is 1. The first-order valence-electron chi connectivity index (χ1n) is 9.75. The van der Waals surface area contributed by atoms with Crippen molar-refractivity contribution in [3.8, 4) is 17.6 Å². The van der Waals surface area contributed by atoms with Crippen LogP contribution in [0.15, 0.2) is 73.6 Å². The van der Waals surface area contributed by atoms with E-state index in [1.807, 2.05) is 55.5 Å². The SMILES string of the molecule is COc1cc(/C=C(\C#N)C(=O)Nc2c(Br)cc(C)cc2Br)cc(Br)c1OCc1ccccc1. The molecule has 0 aliphatic carbocycles. The molecule has 0 fully saturated rings. The summed E-state index contributed by atoms with van der Waals surface area (Å²) in [6, 6.07) is 19.0. The average Bonchev–Trinajstić information content (AvgIpc) is 2.79. The summed E-state index contributed by atoms with van der Waals surface area (Å²) in [7, 11) is 1.54. The molecule has 0 spiro atoms. The quantitative estimate of drug-likeness (QED) is 0.217. The van der Waals surface area contributed by atoms with Gasteiger partial charge in [0.05, 0.1) is 17.3 Å². The van der Waals surface area contributed by atoms with Crippen LogP contribution in [0, 0.1) is 18.3 Å². The normalized spacial score (nSPS) is 11.0. The molecule has 0 aliphatic rings. The van der Waals surface area contributed by atoms with Gasteiger partial charge in [-0.1, -0.05) is 30.3 Å². The summed E-state index contributed by atoms with van der Waals surface area (Å²) in [4.78, 5) is 12.8. The zero-order chi connectivity index (χ0) is 24.0. The Hall–Kier alpha value is -2.60. The molecule has 0 saturated heterocycles. The molecule has 3 aromatic rings. The lowest BCUT2D eigenvalue weighted by Crippen LogP contribution is -2.14. The van der Waals surface area contributed by atoms with Gasteiger partial charge in [0.2, 0.25) is 0 Å². The molecule has 0 bridgehead atoms. The van der Waals surface area contributed by atoms with E-state index in [1.165, 1.54) is 13.2 Å². The largest absolute Gasteiger partial charge is 0.493 e. The third-order valence-electron chi connectivity index (χ3n) is 4.58. The van der Waals surface area contributed by atoms with Gasteiger partial charge in [0.25, 0.3) is 5.91 Å². The number of nitrogens with zero attached hydrogens (tertiary/aromatic N) is 1. The second-order valence-corrected chi connectivity index (χ2v) is 9.60. The summed E-state index contributed by atoms with van der Waals surface area (Å²) in [5.74, 6) is 0.490. The standard InChI is InChI=1S/C25H19Br3N2O3/c1-15-8-19(26)23(20(27)9-15)30-25(31)18(13-29)10-17-11-21(28)24(22(12-17)32-2)33-14-16-6-4-3-5-7-16/h3-12H,14H2,1-2H3,(H,30,31)/b18-10+. The van der Waals surface area contributed by atoms with Gasteiger partial charge in [0.1, 0.15) is 18.2 Å². The summed E-state index contributed by atoms with van der Waals surface area (Å²) in [6.07, 6.45) is 1.50.